The minimum atomic E-state index is -0.963. The average Bonchev–Trinajstić information content (AvgIpc) is 2.71. The van der Waals surface area contributed by atoms with Crippen molar-refractivity contribution in [2.45, 2.75) is 19.1 Å². The van der Waals surface area contributed by atoms with Crippen molar-refractivity contribution in [1.82, 2.24) is 10.2 Å². The van der Waals surface area contributed by atoms with E-state index in [1.165, 1.54) is 12.1 Å². The van der Waals surface area contributed by atoms with E-state index in [9.17, 15) is 13.4 Å². The molecule has 0 aliphatic carbocycles. The van der Waals surface area contributed by atoms with Crippen LogP contribution in [0.15, 0.2) is 24.3 Å². The van der Waals surface area contributed by atoms with Crippen LogP contribution in [0.2, 0.25) is 0 Å². The third-order valence-electron chi connectivity index (χ3n) is 3.15. The average molecular weight is 284 g/mol. The van der Waals surface area contributed by atoms with Crippen LogP contribution in [0.4, 0.5) is 4.39 Å². The zero-order valence-electron chi connectivity index (χ0n) is 10.9. The number of carbonyl (C=O) groups is 1. The number of rotatable bonds is 4. The summed E-state index contributed by atoms with van der Waals surface area (Å²) in [7, 11) is -0.963. The first-order valence-electron chi connectivity index (χ1n) is 6.09. The number of nitrogens with zero attached hydrogens (tertiary/aromatic N) is 1. The number of nitrogens with one attached hydrogen (secondary N) is 1. The van der Waals surface area contributed by atoms with Crippen molar-refractivity contribution in [3.63, 3.8) is 0 Å². The van der Waals surface area contributed by atoms with Crippen LogP contribution in [0, 0.1) is 5.82 Å². The fourth-order valence-corrected chi connectivity index (χ4v) is 3.20. The molecule has 1 saturated heterocycles. The smallest absolute Gasteiger partial charge is 0.238 e. The van der Waals surface area contributed by atoms with Crippen molar-refractivity contribution < 1.29 is 13.4 Å². The summed E-state index contributed by atoms with van der Waals surface area (Å²) in [6, 6.07) is 5.95. The van der Waals surface area contributed by atoms with Gasteiger partial charge in [-0.15, -0.1) is 0 Å². The maximum absolute atomic E-state index is 12.9. The Labute approximate surface area is 114 Å². The molecule has 4 nitrogen and oxygen atoms in total. The maximum Gasteiger partial charge on any atom is 0.238 e. The van der Waals surface area contributed by atoms with Gasteiger partial charge >= 0.3 is 0 Å². The molecule has 1 heterocycles. The quantitative estimate of drug-likeness (QED) is 0.898. The Morgan fingerprint density at radius 2 is 2.11 bits per heavy atom. The van der Waals surface area contributed by atoms with Gasteiger partial charge in [-0.1, -0.05) is 12.1 Å². The zero-order chi connectivity index (χ0) is 14.0. The van der Waals surface area contributed by atoms with E-state index in [1.807, 2.05) is 6.92 Å². The summed E-state index contributed by atoms with van der Waals surface area (Å²) in [5.41, 5.74) is 0.834. The van der Waals surface area contributed by atoms with Gasteiger partial charge in [-0.05, 0) is 24.6 Å². The van der Waals surface area contributed by atoms with Crippen LogP contribution >= 0.6 is 0 Å². The monoisotopic (exact) mass is 284 g/mol. The lowest BCUT2D eigenvalue weighted by molar-refractivity contribution is -0.129. The molecule has 19 heavy (non-hydrogen) atoms. The molecule has 0 aromatic heterocycles. The van der Waals surface area contributed by atoms with Gasteiger partial charge in [-0.3, -0.25) is 14.3 Å². The summed E-state index contributed by atoms with van der Waals surface area (Å²) in [4.78, 5) is 13.6. The van der Waals surface area contributed by atoms with Crippen molar-refractivity contribution >= 4 is 16.7 Å². The van der Waals surface area contributed by atoms with E-state index in [-0.39, 0.29) is 30.5 Å². The van der Waals surface area contributed by atoms with E-state index >= 15 is 0 Å². The van der Waals surface area contributed by atoms with Crippen LogP contribution in [0.25, 0.3) is 0 Å². The highest BCUT2D eigenvalue weighted by molar-refractivity contribution is 7.84. The first-order valence-corrected chi connectivity index (χ1v) is 7.82. The highest BCUT2D eigenvalue weighted by Gasteiger charge is 2.35. The minimum Gasteiger partial charge on any atom is -0.318 e. The van der Waals surface area contributed by atoms with Crippen molar-refractivity contribution in [3.8, 4) is 0 Å². The Balaban J connectivity index is 2.21. The summed E-state index contributed by atoms with van der Waals surface area (Å²) < 4.78 is 24.2. The number of hydrogen-bond acceptors (Lipinski definition) is 3. The van der Waals surface area contributed by atoms with Gasteiger partial charge < -0.3 is 4.90 Å². The van der Waals surface area contributed by atoms with Gasteiger partial charge in [-0.25, -0.2) is 4.39 Å². The molecule has 104 valence electrons. The normalized spacial score (nSPS) is 22.6. The Hall–Kier alpha value is -1.27. The Kier molecular flexibility index (Phi) is 4.31. The van der Waals surface area contributed by atoms with Crippen molar-refractivity contribution in [2.24, 2.45) is 0 Å². The summed E-state index contributed by atoms with van der Waals surface area (Å²) in [6.07, 6.45) is 1.35. The van der Waals surface area contributed by atoms with E-state index in [1.54, 1.807) is 23.3 Å². The maximum atomic E-state index is 12.9. The molecule has 3 unspecified atom stereocenters. The first-order chi connectivity index (χ1) is 8.99. The number of carbonyl (C=O) groups excluding carboxylic acids is 1. The third kappa shape index (κ3) is 3.19. The van der Waals surface area contributed by atoms with Gasteiger partial charge in [0.2, 0.25) is 5.91 Å². The molecule has 0 saturated carbocycles. The van der Waals surface area contributed by atoms with Crippen molar-refractivity contribution in [1.29, 1.82) is 0 Å². The Bertz CT molecular complexity index is 492. The molecule has 1 fully saturated rings. The molecular weight excluding hydrogens is 267 g/mol. The lowest BCUT2D eigenvalue weighted by Gasteiger charge is -2.30. The molecule has 2 rings (SSSR count). The second-order valence-electron chi connectivity index (χ2n) is 4.72. The van der Waals surface area contributed by atoms with Gasteiger partial charge in [0, 0.05) is 28.9 Å². The Morgan fingerprint density at radius 1 is 1.47 bits per heavy atom. The number of hydrogen-bond donors (Lipinski definition) is 1. The molecule has 0 spiro atoms. The summed E-state index contributed by atoms with van der Waals surface area (Å²) in [6.45, 7) is 2.13. The Morgan fingerprint density at radius 3 is 2.68 bits per heavy atom. The first kappa shape index (κ1) is 14.1. The van der Waals surface area contributed by atoms with Crippen LogP contribution < -0.4 is 5.32 Å². The van der Waals surface area contributed by atoms with E-state index in [0.717, 1.165) is 5.56 Å². The largest absolute Gasteiger partial charge is 0.318 e. The fourth-order valence-electron chi connectivity index (χ4n) is 2.36. The SMILES string of the molecule is CC(CS(C)=O)N1C(=O)CNC1c1ccc(F)cc1. The van der Waals surface area contributed by atoms with Crippen LogP contribution in [-0.2, 0) is 15.6 Å². The van der Waals surface area contributed by atoms with E-state index in [4.69, 9.17) is 0 Å². The second-order valence-corrected chi connectivity index (χ2v) is 6.20. The summed E-state index contributed by atoms with van der Waals surface area (Å²) in [5, 5.41) is 3.10. The second kappa shape index (κ2) is 5.79. The number of amides is 1. The molecular formula is C13H17FN2O2S. The third-order valence-corrected chi connectivity index (χ3v) is 4.10. The van der Waals surface area contributed by atoms with E-state index < -0.39 is 10.8 Å². The van der Waals surface area contributed by atoms with E-state index in [2.05, 4.69) is 5.32 Å². The lowest BCUT2D eigenvalue weighted by Crippen LogP contribution is -2.40. The molecule has 0 radical (unpaired) electrons. The lowest BCUT2D eigenvalue weighted by atomic mass is 10.1. The van der Waals surface area contributed by atoms with Crippen LogP contribution in [0.5, 0.6) is 0 Å². The molecule has 3 atom stereocenters. The number of benzene rings is 1. The van der Waals surface area contributed by atoms with Gasteiger partial charge in [0.05, 0.1) is 6.54 Å². The predicted octanol–water partition coefficient (Wildman–Crippen LogP) is 1.02. The van der Waals surface area contributed by atoms with E-state index in [0.29, 0.717) is 5.75 Å². The standard InChI is InChI=1S/C13H17FN2O2S/c1-9(8-19(2)18)16-12(17)7-15-13(16)10-3-5-11(14)6-4-10/h3-6,9,13,15H,7-8H2,1-2H3. The predicted molar refractivity (Wildman–Crippen MR) is 72.4 cm³/mol. The molecule has 6 heteroatoms. The van der Waals surface area contributed by atoms with Crippen LogP contribution in [0.3, 0.4) is 0 Å². The van der Waals surface area contributed by atoms with Gasteiger partial charge in [0.15, 0.2) is 0 Å². The molecule has 0 bridgehead atoms. The molecule has 1 amide bonds. The van der Waals surface area contributed by atoms with Crippen LogP contribution in [0.1, 0.15) is 18.7 Å². The van der Waals surface area contributed by atoms with Crippen molar-refractivity contribution in [2.75, 3.05) is 18.6 Å². The molecule has 1 aromatic carbocycles. The highest BCUT2D eigenvalue weighted by atomic mass is 32.2. The highest BCUT2D eigenvalue weighted by Crippen LogP contribution is 2.25. The van der Waals surface area contributed by atoms with Crippen LogP contribution in [-0.4, -0.2) is 39.6 Å². The minimum absolute atomic E-state index is 0.0210. The molecule has 1 N–H and O–H groups in total. The summed E-state index contributed by atoms with van der Waals surface area (Å²) in [5.74, 6) is 0.111. The van der Waals surface area contributed by atoms with Crippen molar-refractivity contribution in [3.05, 3.63) is 35.6 Å². The fraction of sp³-hybridized carbons (Fsp3) is 0.462. The van der Waals surface area contributed by atoms with Gasteiger partial charge in [-0.2, -0.15) is 0 Å². The summed E-state index contributed by atoms with van der Waals surface area (Å²) >= 11 is 0. The molecule has 1 aliphatic heterocycles. The molecule has 1 aliphatic rings. The van der Waals surface area contributed by atoms with Gasteiger partial charge in [0.25, 0.3) is 0 Å². The van der Waals surface area contributed by atoms with Gasteiger partial charge in [0.1, 0.15) is 12.0 Å². The number of halogens is 1. The topological polar surface area (TPSA) is 49.4 Å². The zero-order valence-corrected chi connectivity index (χ0v) is 11.7. The molecule has 1 aromatic rings.